The van der Waals surface area contributed by atoms with Crippen molar-refractivity contribution in [1.82, 2.24) is 5.32 Å². The highest BCUT2D eigenvalue weighted by Crippen LogP contribution is 2.30. The summed E-state index contributed by atoms with van der Waals surface area (Å²) in [5.41, 5.74) is 0. The normalized spacial score (nSPS) is 22.6. The van der Waals surface area contributed by atoms with Crippen LogP contribution in [0.4, 0.5) is 0 Å². The Kier molecular flexibility index (Phi) is 60.8. The quantitative estimate of drug-likeness (QED) is 0.0204. The lowest BCUT2D eigenvalue weighted by Crippen LogP contribution is -2.65. The molecule has 0 spiro atoms. The lowest BCUT2D eigenvalue weighted by molar-refractivity contribution is -0.359. The highest BCUT2D eigenvalue weighted by atomic mass is 16.7. The maximum Gasteiger partial charge on any atom is 0.220 e. The van der Waals surface area contributed by atoms with Gasteiger partial charge in [0.05, 0.1) is 32.0 Å². The van der Waals surface area contributed by atoms with E-state index in [9.17, 15) is 45.6 Å². The summed E-state index contributed by atoms with van der Waals surface area (Å²) in [6, 6.07) is -0.915. The van der Waals surface area contributed by atoms with Gasteiger partial charge in [0.25, 0.3) is 0 Å². The third-order valence-corrected chi connectivity index (χ3v) is 19.5. The summed E-state index contributed by atoms with van der Waals surface area (Å²) in [6.45, 7) is 2.74. The van der Waals surface area contributed by atoms with Crippen molar-refractivity contribution in [1.29, 1.82) is 0 Å². The number of ether oxygens (including phenoxy) is 4. The van der Waals surface area contributed by atoms with Crippen molar-refractivity contribution in [2.75, 3.05) is 19.8 Å². The fourth-order valence-electron chi connectivity index (χ4n) is 13.2. The molecular weight excluding hydrogens is 1190 g/mol. The van der Waals surface area contributed by atoms with Crippen LogP contribution < -0.4 is 5.32 Å². The highest BCUT2D eigenvalue weighted by molar-refractivity contribution is 5.76. The fraction of sp³-hybridized carbons (Fsp3) is 0.864. The lowest BCUT2D eigenvalue weighted by atomic mass is 9.97. The van der Waals surface area contributed by atoms with E-state index >= 15 is 0 Å². The summed E-state index contributed by atoms with van der Waals surface area (Å²) < 4.78 is 22.9. The average molecular weight is 1350 g/mol. The molecule has 2 aliphatic rings. The van der Waals surface area contributed by atoms with Gasteiger partial charge >= 0.3 is 0 Å². The van der Waals surface area contributed by atoms with Crippen molar-refractivity contribution >= 4 is 5.91 Å². The first-order chi connectivity index (χ1) is 46.6. The number of carbonyl (C=O) groups excluding carboxylic acids is 1. The first-order valence-corrected chi connectivity index (χ1v) is 40.0. The standard InChI is InChI=1S/C81H149NO13/c1-3-5-7-9-11-13-15-17-19-21-23-25-27-28-29-30-31-32-33-34-35-36-37-38-39-40-41-42-43-45-47-49-51-53-55-57-59-61-63-65-73(86)82-69(68-92-80-78(91)76(89)79(72(67-84)94-80)95-81-77(90)75(88)74(87)71(66-83)93-81)70(85)64-62-60-58-56-54-52-50-48-46-44-26-24-22-20-18-16-14-12-10-8-6-4-2/h5,7,11,13,17,19,23,25,62,64,69-72,74-81,83-85,87-91H,3-4,6,8-10,12,14-16,18,20-22,24,26-61,63,65-68H2,1-2H3,(H,82,86)/b7-5-,13-11-,19-17-,25-23-,64-62+. The van der Waals surface area contributed by atoms with Gasteiger partial charge in [0.2, 0.25) is 5.91 Å². The number of aliphatic hydroxyl groups excluding tert-OH is 8. The predicted molar refractivity (Wildman–Crippen MR) is 392 cm³/mol. The Bertz CT molecular complexity index is 1830. The molecule has 556 valence electrons. The van der Waals surface area contributed by atoms with Gasteiger partial charge in [-0.05, 0) is 57.8 Å². The minimum atomic E-state index is -1.79. The molecule has 2 heterocycles. The van der Waals surface area contributed by atoms with E-state index in [1.807, 2.05) is 6.08 Å². The third kappa shape index (κ3) is 48.2. The van der Waals surface area contributed by atoms with Gasteiger partial charge in [-0.2, -0.15) is 0 Å². The van der Waals surface area contributed by atoms with E-state index < -0.39 is 86.8 Å². The third-order valence-electron chi connectivity index (χ3n) is 19.5. The molecule has 9 N–H and O–H groups in total. The number of allylic oxidation sites excluding steroid dienone is 9. The Morgan fingerprint density at radius 3 is 1.12 bits per heavy atom. The van der Waals surface area contributed by atoms with E-state index in [1.54, 1.807) is 6.08 Å². The van der Waals surface area contributed by atoms with Gasteiger partial charge in [0, 0.05) is 6.42 Å². The van der Waals surface area contributed by atoms with Crippen LogP contribution in [0.3, 0.4) is 0 Å². The zero-order valence-corrected chi connectivity index (χ0v) is 60.9. The van der Waals surface area contributed by atoms with Crippen LogP contribution in [0, 0.1) is 0 Å². The summed E-state index contributed by atoms with van der Waals surface area (Å²) >= 11 is 0. The minimum Gasteiger partial charge on any atom is -0.394 e. The number of aliphatic hydroxyl groups is 8. The molecule has 2 aliphatic heterocycles. The number of amides is 1. The molecule has 14 nitrogen and oxygen atoms in total. The van der Waals surface area contributed by atoms with E-state index in [4.69, 9.17) is 18.9 Å². The molecule has 0 bridgehead atoms. The molecule has 12 unspecified atom stereocenters. The minimum absolute atomic E-state index is 0.232. The van der Waals surface area contributed by atoms with Crippen LogP contribution in [0.15, 0.2) is 60.8 Å². The van der Waals surface area contributed by atoms with E-state index in [0.717, 1.165) is 64.2 Å². The summed E-state index contributed by atoms with van der Waals surface area (Å²) in [5, 5.41) is 87.6. The van der Waals surface area contributed by atoms with Gasteiger partial charge in [-0.1, -0.05) is 351 Å². The maximum atomic E-state index is 13.4. The second-order valence-corrected chi connectivity index (χ2v) is 28.2. The Balaban J connectivity index is 1.57. The molecule has 0 aromatic rings. The maximum absolute atomic E-state index is 13.4. The lowest BCUT2D eigenvalue weighted by Gasteiger charge is -2.46. The summed E-state index contributed by atoms with van der Waals surface area (Å²) in [4.78, 5) is 13.4. The number of nitrogens with one attached hydrogen (secondary N) is 1. The second-order valence-electron chi connectivity index (χ2n) is 28.2. The van der Waals surface area contributed by atoms with Crippen molar-refractivity contribution in [3.63, 3.8) is 0 Å². The van der Waals surface area contributed by atoms with Crippen LogP contribution in [0.2, 0.25) is 0 Å². The SMILES string of the molecule is CC/C=C\C/C=C\C/C=C\C/C=C\CCCCCCCCCCCCCCCCCCCCCCCCCCCCC(=O)NC(COC1OC(CO)C(OC2OC(CO)C(O)C(O)C2O)C(O)C1O)C(O)/C=C/CCCCCCCCCCCCCCCCCCCCCC. The Morgan fingerprint density at radius 2 is 0.726 bits per heavy atom. The highest BCUT2D eigenvalue weighted by Gasteiger charge is 2.51. The van der Waals surface area contributed by atoms with Crippen LogP contribution in [0.1, 0.15) is 354 Å². The van der Waals surface area contributed by atoms with Gasteiger partial charge in [-0.3, -0.25) is 4.79 Å². The summed E-state index contributed by atoms with van der Waals surface area (Å²) in [5.74, 6) is -0.232. The van der Waals surface area contributed by atoms with E-state index in [2.05, 4.69) is 67.8 Å². The summed E-state index contributed by atoms with van der Waals surface area (Å²) in [6.07, 6.45) is 71.7. The fourth-order valence-corrected chi connectivity index (χ4v) is 13.2. The van der Waals surface area contributed by atoms with Crippen LogP contribution in [-0.2, 0) is 23.7 Å². The van der Waals surface area contributed by atoms with Gasteiger partial charge in [0.1, 0.15) is 48.8 Å². The van der Waals surface area contributed by atoms with Crippen LogP contribution in [0.5, 0.6) is 0 Å². The van der Waals surface area contributed by atoms with Crippen molar-refractivity contribution < 1.29 is 64.6 Å². The average Bonchev–Trinajstić information content (AvgIpc) is 0.801. The molecule has 14 heteroatoms. The van der Waals surface area contributed by atoms with Gasteiger partial charge in [-0.25, -0.2) is 0 Å². The first kappa shape index (κ1) is 88.8. The molecule has 2 fully saturated rings. The van der Waals surface area contributed by atoms with E-state index in [0.29, 0.717) is 6.42 Å². The Hall–Kier alpha value is -2.31. The number of hydrogen-bond acceptors (Lipinski definition) is 13. The zero-order chi connectivity index (χ0) is 68.7. The molecule has 2 saturated heterocycles. The van der Waals surface area contributed by atoms with Crippen LogP contribution in [-0.4, -0.2) is 140 Å². The van der Waals surface area contributed by atoms with Gasteiger partial charge in [-0.15, -0.1) is 0 Å². The molecule has 95 heavy (non-hydrogen) atoms. The molecule has 12 atom stereocenters. The van der Waals surface area contributed by atoms with Crippen LogP contribution >= 0.6 is 0 Å². The molecule has 2 rings (SSSR count). The van der Waals surface area contributed by atoms with Crippen molar-refractivity contribution in [2.45, 2.75) is 428 Å². The van der Waals surface area contributed by atoms with Gasteiger partial charge < -0.3 is 65.1 Å². The molecule has 0 radical (unpaired) electrons. The number of hydrogen-bond donors (Lipinski definition) is 9. The number of unbranched alkanes of at least 4 members (excludes halogenated alkanes) is 46. The van der Waals surface area contributed by atoms with Crippen LogP contribution in [0.25, 0.3) is 0 Å². The smallest absolute Gasteiger partial charge is 0.220 e. The summed E-state index contributed by atoms with van der Waals surface area (Å²) in [7, 11) is 0. The number of carbonyl (C=O) groups is 1. The Labute approximate surface area is 581 Å². The topological polar surface area (TPSA) is 228 Å². The van der Waals surface area contributed by atoms with E-state index in [-0.39, 0.29) is 18.9 Å². The Morgan fingerprint density at radius 1 is 0.389 bits per heavy atom. The van der Waals surface area contributed by atoms with E-state index in [1.165, 1.54) is 263 Å². The molecule has 0 aliphatic carbocycles. The largest absolute Gasteiger partial charge is 0.394 e. The number of rotatable bonds is 67. The first-order valence-electron chi connectivity index (χ1n) is 40.0. The second kappa shape index (κ2) is 65.0. The monoisotopic (exact) mass is 1340 g/mol. The molecule has 0 aromatic carbocycles. The molecule has 0 saturated carbocycles. The van der Waals surface area contributed by atoms with Crippen molar-refractivity contribution in [3.8, 4) is 0 Å². The van der Waals surface area contributed by atoms with Crippen molar-refractivity contribution in [3.05, 3.63) is 60.8 Å². The molecular formula is C81H149NO13. The molecule has 0 aromatic heterocycles. The predicted octanol–water partition coefficient (Wildman–Crippen LogP) is 18.0. The van der Waals surface area contributed by atoms with Crippen molar-refractivity contribution in [2.24, 2.45) is 0 Å². The zero-order valence-electron chi connectivity index (χ0n) is 60.9. The van der Waals surface area contributed by atoms with Gasteiger partial charge in [0.15, 0.2) is 12.6 Å². The molecule has 1 amide bonds.